The molecule has 0 aliphatic rings. The monoisotopic (exact) mass is 244 g/mol. The molecule has 102 valence electrons. The third-order valence-corrected chi connectivity index (χ3v) is 3.21. The van der Waals surface area contributed by atoms with Gasteiger partial charge in [0.15, 0.2) is 0 Å². The van der Waals surface area contributed by atoms with Crippen LogP contribution in [0.5, 0.6) is 0 Å². The van der Waals surface area contributed by atoms with E-state index >= 15 is 0 Å². The summed E-state index contributed by atoms with van der Waals surface area (Å²) in [6.45, 7) is 7.04. The maximum Gasteiger partial charge on any atom is 0.220 e. The Bertz CT molecular complexity index is 208. The average molecular weight is 244 g/mol. The van der Waals surface area contributed by atoms with E-state index in [1.165, 1.54) is 0 Å². The Balaban J connectivity index is 3.71. The van der Waals surface area contributed by atoms with Gasteiger partial charge in [-0.3, -0.25) is 4.79 Å². The van der Waals surface area contributed by atoms with Crippen LogP contribution in [0, 0.1) is 11.8 Å². The van der Waals surface area contributed by atoms with Crippen LogP contribution < -0.4 is 11.1 Å². The second-order valence-corrected chi connectivity index (χ2v) is 5.01. The van der Waals surface area contributed by atoms with Gasteiger partial charge in [-0.15, -0.1) is 0 Å². The van der Waals surface area contributed by atoms with E-state index in [1.54, 1.807) is 0 Å². The van der Waals surface area contributed by atoms with Crippen LogP contribution in [0.4, 0.5) is 0 Å². The van der Waals surface area contributed by atoms with Gasteiger partial charge in [-0.25, -0.2) is 0 Å². The maximum atomic E-state index is 11.5. The number of nitrogens with two attached hydrogens (primary N) is 1. The van der Waals surface area contributed by atoms with Crippen LogP contribution >= 0.6 is 0 Å². The Labute approximate surface area is 105 Å². The Kier molecular flexibility index (Phi) is 9.09. The molecule has 0 rings (SSSR count). The first-order valence-corrected chi connectivity index (χ1v) is 6.66. The predicted octanol–water partition coefficient (Wildman–Crippen LogP) is 1.27. The Morgan fingerprint density at radius 2 is 2.00 bits per heavy atom. The van der Waals surface area contributed by atoms with E-state index in [0.29, 0.717) is 25.4 Å². The van der Waals surface area contributed by atoms with Crippen molar-refractivity contribution in [2.45, 2.75) is 52.6 Å². The molecule has 0 aromatic rings. The van der Waals surface area contributed by atoms with Gasteiger partial charge < -0.3 is 16.2 Å². The molecule has 4 nitrogen and oxygen atoms in total. The van der Waals surface area contributed by atoms with Crippen molar-refractivity contribution in [3.8, 4) is 0 Å². The maximum absolute atomic E-state index is 11.5. The topological polar surface area (TPSA) is 75.4 Å². The molecule has 0 fully saturated rings. The molecular weight excluding hydrogens is 216 g/mol. The molecule has 2 unspecified atom stereocenters. The summed E-state index contributed by atoms with van der Waals surface area (Å²) in [7, 11) is 0. The van der Waals surface area contributed by atoms with E-state index in [0.717, 1.165) is 19.3 Å². The number of aliphatic hydroxyl groups excluding tert-OH is 1. The van der Waals surface area contributed by atoms with Crippen molar-refractivity contribution in [2.24, 2.45) is 17.6 Å². The van der Waals surface area contributed by atoms with Crippen molar-refractivity contribution in [1.82, 2.24) is 5.32 Å². The highest BCUT2D eigenvalue weighted by Crippen LogP contribution is 2.14. The van der Waals surface area contributed by atoms with Crippen molar-refractivity contribution < 1.29 is 9.90 Å². The average Bonchev–Trinajstić information content (AvgIpc) is 2.31. The second-order valence-electron chi connectivity index (χ2n) is 5.01. The first-order chi connectivity index (χ1) is 8.01. The minimum Gasteiger partial charge on any atom is -0.391 e. The summed E-state index contributed by atoms with van der Waals surface area (Å²) in [6, 6.07) is 0. The lowest BCUT2D eigenvalue weighted by molar-refractivity contribution is -0.122. The van der Waals surface area contributed by atoms with Gasteiger partial charge in [0, 0.05) is 13.0 Å². The van der Waals surface area contributed by atoms with Crippen LogP contribution in [0.1, 0.15) is 46.5 Å². The number of hydrogen-bond donors (Lipinski definition) is 3. The molecule has 0 aliphatic carbocycles. The lowest BCUT2D eigenvalue weighted by atomic mass is 9.96. The zero-order chi connectivity index (χ0) is 13.3. The molecule has 4 N–H and O–H groups in total. The van der Waals surface area contributed by atoms with Crippen LogP contribution in [0.3, 0.4) is 0 Å². The van der Waals surface area contributed by atoms with Crippen LogP contribution in [-0.4, -0.2) is 30.2 Å². The van der Waals surface area contributed by atoms with Crippen LogP contribution in [0.25, 0.3) is 0 Å². The number of rotatable bonds is 9. The third-order valence-electron chi connectivity index (χ3n) is 3.21. The van der Waals surface area contributed by atoms with Gasteiger partial charge in [0.25, 0.3) is 0 Å². The summed E-state index contributed by atoms with van der Waals surface area (Å²) in [5, 5.41) is 12.3. The van der Waals surface area contributed by atoms with Gasteiger partial charge in [-0.1, -0.05) is 27.2 Å². The van der Waals surface area contributed by atoms with Crippen LogP contribution in [0.2, 0.25) is 0 Å². The fourth-order valence-electron chi connectivity index (χ4n) is 1.67. The molecule has 0 aliphatic heterocycles. The van der Waals surface area contributed by atoms with Gasteiger partial charge in [-0.05, 0) is 31.2 Å². The van der Waals surface area contributed by atoms with Crippen molar-refractivity contribution in [3.05, 3.63) is 0 Å². The Morgan fingerprint density at radius 1 is 1.35 bits per heavy atom. The normalized spacial score (nSPS) is 14.7. The van der Waals surface area contributed by atoms with E-state index in [9.17, 15) is 9.90 Å². The summed E-state index contributed by atoms with van der Waals surface area (Å²) in [5.41, 5.74) is 5.51. The molecule has 4 heteroatoms. The van der Waals surface area contributed by atoms with Crippen LogP contribution in [0.15, 0.2) is 0 Å². The van der Waals surface area contributed by atoms with E-state index in [-0.39, 0.29) is 11.8 Å². The van der Waals surface area contributed by atoms with Gasteiger partial charge in [-0.2, -0.15) is 0 Å². The molecule has 0 bridgehead atoms. The van der Waals surface area contributed by atoms with Crippen molar-refractivity contribution in [1.29, 1.82) is 0 Å². The van der Waals surface area contributed by atoms with Gasteiger partial charge in [0.2, 0.25) is 5.91 Å². The highest BCUT2D eigenvalue weighted by molar-refractivity contribution is 5.75. The zero-order valence-electron chi connectivity index (χ0n) is 11.4. The molecule has 0 heterocycles. The summed E-state index contributed by atoms with van der Waals surface area (Å²) in [5.74, 6) is 0.747. The van der Waals surface area contributed by atoms with E-state index in [2.05, 4.69) is 12.2 Å². The summed E-state index contributed by atoms with van der Waals surface area (Å²) < 4.78 is 0. The van der Waals surface area contributed by atoms with Crippen molar-refractivity contribution >= 4 is 5.91 Å². The summed E-state index contributed by atoms with van der Waals surface area (Å²) >= 11 is 0. The Hall–Kier alpha value is -0.610. The van der Waals surface area contributed by atoms with E-state index in [4.69, 9.17) is 5.73 Å². The third kappa shape index (κ3) is 8.16. The smallest absolute Gasteiger partial charge is 0.220 e. The molecule has 0 saturated carbocycles. The number of carbonyl (C=O) groups is 1. The lowest BCUT2D eigenvalue weighted by Gasteiger charge is -2.16. The summed E-state index contributed by atoms with van der Waals surface area (Å²) in [4.78, 5) is 11.5. The molecular formula is C13H28N2O2. The fraction of sp³-hybridized carbons (Fsp3) is 0.923. The van der Waals surface area contributed by atoms with Crippen LogP contribution in [-0.2, 0) is 4.79 Å². The first-order valence-electron chi connectivity index (χ1n) is 6.66. The number of amides is 1. The van der Waals surface area contributed by atoms with Gasteiger partial charge in [0.1, 0.15) is 0 Å². The zero-order valence-corrected chi connectivity index (χ0v) is 11.4. The number of aliphatic hydroxyl groups is 1. The Morgan fingerprint density at radius 3 is 2.47 bits per heavy atom. The number of nitrogens with one attached hydrogen (secondary N) is 1. The van der Waals surface area contributed by atoms with Crippen molar-refractivity contribution in [2.75, 3.05) is 13.1 Å². The quantitative estimate of drug-likeness (QED) is 0.572. The molecule has 0 spiro atoms. The second kappa shape index (κ2) is 9.42. The highest BCUT2D eigenvalue weighted by atomic mass is 16.3. The largest absolute Gasteiger partial charge is 0.391 e. The highest BCUT2D eigenvalue weighted by Gasteiger charge is 2.12. The standard InChI is InChI=1S/C13H28N2O2/c1-4-11(7-8-14)5-6-13(17)15-9-12(16)10(2)3/h10-12,16H,4-9,14H2,1-3H3,(H,15,17). The first kappa shape index (κ1) is 16.4. The fourth-order valence-corrected chi connectivity index (χ4v) is 1.67. The minimum atomic E-state index is -0.454. The molecule has 1 amide bonds. The summed E-state index contributed by atoms with van der Waals surface area (Å²) in [6.07, 6.45) is 3.02. The van der Waals surface area contributed by atoms with E-state index < -0.39 is 6.10 Å². The molecule has 0 saturated heterocycles. The van der Waals surface area contributed by atoms with E-state index in [1.807, 2.05) is 13.8 Å². The number of carbonyl (C=O) groups excluding carboxylic acids is 1. The molecule has 0 aromatic carbocycles. The van der Waals surface area contributed by atoms with Crippen molar-refractivity contribution in [3.63, 3.8) is 0 Å². The van der Waals surface area contributed by atoms with Gasteiger partial charge >= 0.3 is 0 Å². The minimum absolute atomic E-state index is 0.0279. The number of hydrogen-bond acceptors (Lipinski definition) is 3. The SMILES string of the molecule is CCC(CCN)CCC(=O)NCC(O)C(C)C. The van der Waals surface area contributed by atoms with Gasteiger partial charge in [0.05, 0.1) is 6.10 Å². The predicted molar refractivity (Wildman–Crippen MR) is 70.5 cm³/mol. The molecule has 0 radical (unpaired) electrons. The molecule has 2 atom stereocenters. The molecule has 17 heavy (non-hydrogen) atoms. The lowest BCUT2D eigenvalue weighted by Crippen LogP contribution is -2.34. The molecule has 0 aromatic heterocycles.